The molecule has 0 radical (unpaired) electrons. The lowest BCUT2D eigenvalue weighted by Crippen LogP contribution is -2.14. The number of aromatic amines is 1. The Labute approximate surface area is 109 Å². The molecule has 1 aromatic heterocycles. The minimum absolute atomic E-state index is 0.311. The third kappa shape index (κ3) is 2.46. The molecular formula is C12H12ClN3O2. The van der Waals surface area contributed by atoms with E-state index in [0.717, 1.165) is 0 Å². The van der Waals surface area contributed by atoms with Crippen molar-refractivity contribution in [1.29, 1.82) is 0 Å². The number of carbonyl (C=O) groups excluding carboxylic acids is 1. The standard InChI is InChI=1S/C12H12ClN3O2/c1-7-11(15-6-14-7)12(17)16-9-5-8(13)3-4-10(9)18-2/h3-6H,1-2H3,(H,14,15)(H,16,17). The summed E-state index contributed by atoms with van der Waals surface area (Å²) in [4.78, 5) is 18.8. The minimum atomic E-state index is -0.311. The number of anilines is 1. The van der Waals surface area contributed by atoms with Crippen molar-refractivity contribution < 1.29 is 9.53 Å². The Hall–Kier alpha value is -2.01. The molecule has 0 fully saturated rings. The number of hydrogen-bond acceptors (Lipinski definition) is 3. The zero-order chi connectivity index (χ0) is 13.1. The molecule has 0 saturated carbocycles. The van der Waals surface area contributed by atoms with Crippen molar-refractivity contribution in [3.63, 3.8) is 0 Å². The molecule has 0 aliphatic carbocycles. The number of amides is 1. The van der Waals surface area contributed by atoms with E-state index in [9.17, 15) is 4.79 Å². The maximum Gasteiger partial charge on any atom is 0.276 e. The molecule has 0 aliphatic heterocycles. The van der Waals surface area contributed by atoms with Gasteiger partial charge in [-0.15, -0.1) is 0 Å². The Morgan fingerprint density at radius 2 is 2.28 bits per heavy atom. The van der Waals surface area contributed by atoms with Crippen LogP contribution in [0, 0.1) is 6.92 Å². The summed E-state index contributed by atoms with van der Waals surface area (Å²) in [6.45, 7) is 1.77. The van der Waals surface area contributed by atoms with Crippen LogP contribution in [0.5, 0.6) is 5.75 Å². The summed E-state index contributed by atoms with van der Waals surface area (Å²) < 4.78 is 5.15. The number of hydrogen-bond donors (Lipinski definition) is 2. The molecule has 18 heavy (non-hydrogen) atoms. The zero-order valence-corrected chi connectivity index (χ0v) is 10.7. The average Bonchev–Trinajstić information content (AvgIpc) is 2.76. The zero-order valence-electron chi connectivity index (χ0n) is 9.95. The van der Waals surface area contributed by atoms with Crippen LogP contribution in [0.4, 0.5) is 5.69 Å². The number of aromatic nitrogens is 2. The first-order chi connectivity index (χ1) is 8.61. The minimum Gasteiger partial charge on any atom is -0.495 e. The second kappa shape index (κ2) is 5.10. The number of imidazole rings is 1. The van der Waals surface area contributed by atoms with Crippen molar-refractivity contribution in [2.45, 2.75) is 6.92 Å². The molecule has 1 heterocycles. The first-order valence-electron chi connectivity index (χ1n) is 5.26. The normalized spacial score (nSPS) is 10.2. The molecule has 0 saturated heterocycles. The average molecular weight is 266 g/mol. The van der Waals surface area contributed by atoms with Crippen LogP contribution in [0.15, 0.2) is 24.5 Å². The smallest absolute Gasteiger partial charge is 0.276 e. The van der Waals surface area contributed by atoms with Gasteiger partial charge in [-0.2, -0.15) is 0 Å². The molecule has 0 aliphatic rings. The summed E-state index contributed by atoms with van der Waals surface area (Å²) in [5.41, 5.74) is 1.56. The van der Waals surface area contributed by atoms with E-state index in [2.05, 4.69) is 15.3 Å². The van der Waals surface area contributed by atoms with E-state index >= 15 is 0 Å². The van der Waals surface area contributed by atoms with Gasteiger partial charge < -0.3 is 15.0 Å². The lowest BCUT2D eigenvalue weighted by atomic mass is 10.2. The van der Waals surface area contributed by atoms with Crippen molar-refractivity contribution >= 4 is 23.2 Å². The number of nitrogens with one attached hydrogen (secondary N) is 2. The van der Waals surface area contributed by atoms with Crippen molar-refractivity contribution in [3.05, 3.63) is 40.9 Å². The SMILES string of the molecule is COc1ccc(Cl)cc1NC(=O)c1nc[nH]c1C. The van der Waals surface area contributed by atoms with Gasteiger partial charge in [0.15, 0.2) is 0 Å². The van der Waals surface area contributed by atoms with Crippen LogP contribution in [0.1, 0.15) is 16.2 Å². The van der Waals surface area contributed by atoms with Crippen molar-refractivity contribution in [2.75, 3.05) is 12.4 Å². The molecule has 2 rings (SSSR count). The Kier molecular flexibility index (Phi) is 3.53. The van der Waals surface area contributed by atoms with Gasteiger partial charge in [0.25, 0.3) is 5.91 Å². The topological polar surface area (TPSA) is 67.0 Å². The number of nitrogens with zero attached hydrogens (tertiary/aromatic N) is 1. The summed E-state index contributed by atoms with van der Waals surface area (Å²) in [5, 5.41) is 3.23. The molecule has 94 valence electrons. The third-order valence-electron chi connectivity index (χ3n) is 2.45. The fraction of sp³-hybridized carbons (Fsp3) is 0.167. The fourth-order valence-electron chi connectivity index (χ4n) is 1.55. The third-order valence-corrected chi connectivity index (χ3v) is 2.69. The van der Waals surface area contributed by atoms with Crippen LogP contribution in [0.2, 0.25) is 5.02 Å². The lowest BCUT2D eigenvalue weighted by Gasteiger charge is -2.09. The Morgan fingerprint density at radius 1 is 1.50 bits per heavy atom. The fourth-order valence-corrected chi connectivity index (χ4v) is 1.72. The number of rotatable bonds is 3. The van der Waals surface area contributed by atoms with E-state index in [-0.39, 0.29) is 5.91 Å². The number of carbonyl (C=O) groups is 1. The molecule has 0 unspecified atom stereocenters. The summed E-state index contributed by atoms with van der Waals surface area (Å²) in [5.74, 6) is 0.232. The summed E-state index contributed by atoms with van der Waals surface area (Å²) in [7, 11) is 1.53. The second-order valence-corrected chi connectivity index (χ2v) is 4.11. The predicted octanol–water partition coefficient (Wildman–Crippen LogP) is 2.63. The van der Waals surface area contributed by atoms with Crippen LogP contribution in [0.3, 0.4) is 0 Å². The van der Waals surface area contributed by atoms with E-state index in [0.29, 0.717) is 27.8 Å². The van der Waals surface area contributed by atoms with Gasteiger partial charge >= 0.3 is 0 Å². The number of ether oxygens (including phenoxy) is 1. The first kappa shape index (κ1) is 12.4. The van der Waals surface area contributed by atoms with Gasteiger partial charge in [0.05, 0.1) is 19.1 Å². The van der Waals surface area contributed by atoms with Crippen molar-refractivity contribution in [2.24, 2.45) is 0 Å². The van der Waals surface area contributed by atoms with Crippen LogP contribution < -0.4 is 10.1 Å². The van der Waals surface area contributed by atoms with E-state index in [4.69, 9.17) is 16.3 Å². The van der Waals surface area contributed by atoms with E-state index < -0.39 is 0 Å². The van der Waals surface area contributed by atoms with E-state index in [1.165, 1.54) is 13.4 Å². The maximum absolute atomic E-state index is 12.0. The van der Waals surface area contributed by atoms with Gasteiger partial charge in [-0.1, -0.05) is 11.6 Å². The van der Waals surface area contributed by atoms with Gasteiger partial charge in [-0.25, -0.2) is 4.98 Å². The molecule has 2 aromatic rings. The van der Waals surface area contributed by atoms with Crippen LogP contribution >= 0.6 is 11.6 Å². The Morgan fingerprint density at radius 3 is 2.89 bits per heavy atom. The number of aryl methyl sites for hydroxylation is 1. The van der Waals surface area contributed by atoms with E-state index in [1.54, 1.807) is 25.1 Å². The van der Waals surface area contributed by atoms with Gasteiger partial charge in [0.1, 0.15) is 11.4 Å². The van der Waals surface area contributed by atoms with Crippen LogP contribution in [-0.2, 0) is 0 Å². The van der Waals surface area contributed by atoms with Gasteiger partial charge in [-0.05, 0) is 25.1 Å². The number of methoxy groups -OCH3 is 1. The molecule has 5 nitrogen and oxygen atoms in total. The van der Waals surface area contributed by atoms with Crippen molar-refractivity contribution in [3.8, 4) is 5.75 Å². The molecule has 2 N–H and O–H groups in total. The molecule has 1 aromatic carbocycles. The van der Waals surface area contributed by atoms with Gasteiger partial charge in [-0.3, -0.25) is 4.79 Å². The Bertz CT molecular complexity index is 580. The highest BCUT2D eigenvalue weighted by Gasteiger charge is 2.14. The van der Waals surface area contributed by atoms with E-state index in [1.807, 2.05) is 0 Å². The number of halogens is 1. The predicted molar refractivity (Wildman–Crippen MR) is 69.3 cm³/mol. The summed E-state index contributed by atoms with van der Waals surface area (Å²) in [6.07, 6.45) is 1.47. The molecular weight excluding hydrogens is 254 g/mol. The summed E-state index contributed by atoms with van der Waals surface area (Å²) >= 11 is 5.88. The summed E-state index contributed by atoms with van der Waals surface area (Å²) in [6, 6.07) is 5.01. The van der Waals surface area contributed by atoms with Crippen molar-refractivity contribution in [1.82, 2.24) is 9.97 Å². The molecule has 6 heteroatoms. The highest BCUT2D eigenvalue weighted by molar-refractivity contribution is 6.31. The molecule has 0 atom stereocenters. The highest BCUT2D eigenvalue weighted by Crippen LogP contribution is 2.28. The maximum atomic E-state index is 12.0. The first-order valence-corrected chi connectivity index (χ1v) is 5.64. The van der Waals surface area contributed by atoms with Gasteiger partial charge in [0, 0.05) is 10.7 Å². The lowest BCUT2D eigenvalue weighted by molar-refractivity contribution is 0.102. The highest BCUT2D eigenvalue weighted by atomic mass is 35.5. The quantitative estimate of drug-likeness (QED) is 0.896. The van der Waals surface area contributed by atoms with Crippen LogP contribution in [0.25, 0.3) is 0 Å². The largest absolute Gasteiger partial charge is 0.495 e. The molecule has 1 amide bonds. The number of H-pyrrole nitrogens is 1. The monoisotopic (exact) mass is 265 g/mol. The number of benzene rings is 1. The second-order valence-electron chi connectivity index (χ2n) is 3.67. The molecule has 0 bridgehead atoms. The Balaban J connectivity index is 2.27. The van der Waals surface area contributed by atoms with Crippen LogP contribution in [-0.4, -0.2) is 23.0 Å². The van der Waals surface area contributed by atoms with Gasteiger partial charge in [0.2, 0.25) is 0 Å². The molecule has 0 spiro atoms.